The van der Waals surface area contributed by atoms with Crippen LogP contribution in [0.25, 0.3) is 10.8 Å². The van der Waals surface area contributed by atoms with Crippen LogP contribution in [0.3, 0.4) is 0 Å². The fraction of sp³-hybridized carbons (Fsp3) is 0.579. The number of amides is 4. The van der Waals surface area contributed by atoms with Crippen LogP contribution in [-0.2, 0) is 33.9 Å². The number of benzene rings is 1. The molecule has 15 nitrogen and oxygen atoms in total. The normalized spacial score (nSPS) is 20.1. The summed E-state index contributed by atoms with van der Waals surface area (Å²) in [4.78, 5) is 73.9. The van der Waals surface area contributed by atoms with Crippen molar-refractivity contribution in [3.8, 4) is 11.6 Å². The third-order valence-corrected chi connectivity index (χ3v) is 11.5. The van der Waals surface area contributed by atoms with E-state index in [-0.39, 0.29) is 43.9 Å². The summed E-state index contributed by atoms with van der Waals surface area (Å²) in [7, 11) is -2.36. The Labute approximate surface area is 316 Å². The number of likely N-dealkylation sites (tertiary alicyclic amines) is 1. The SMILES string of the molecule is CCC[C@@](C)(NC(=O)[C@@H]1C[C@@H](Oc2nccc3cc(OC)ccc23)CN1C(=O)[C@H](CCC(=O)C1=CCC1)NC(=O)OC(C)(C)C)C(=O)NS(=O)(=O)C1CC1. The quantitative estimate of drug-likeness (QED) is 0.224. The van der Waals surface area contributed by atoms with Crippen LogP contribution in [0.15, 0.2) is 42.1 Å². The predicted octanol–water partition coefficient (Wildman–Crippen LogP) is 3.84. The molecule has 2 aromatic rings. The molecule has 4 amide bonds. The van der Waals surface area contributed by atoms with Crippen LogP contribution in [0.1, 0.15) is 92.4 Å². The van der Waals surface area contributed by atoms with Crippen molar-refractivity contribution in [2.45, 2.75) is 127 Å². The number of alkyl carbamates (subject to hydrolysis) is 1. The minimum atomic E-state index is -3.92. The number of aromatic nitrogens is 1. The highest BCUT2D eigenvalue weighted by Crippen LogP contribution is 2.32. The fourth-order valence-corrected chi connectivity index (χ4v) is 7.97. The molecule has 1 aromatic carbocycles. The second kappa shape index (κ2) is 16.3. The second-order valence-electron chi connectivity index (χ2n) is 15.4. The van der Waals surface area contributed by atoms with Crippen molar-refractivity contribution in [1.29, 1.82) is 0 Å². The Morgan fingerprint density at radius 2 is 1.80 bits per heavy atom. The van der Waals surface area contributed by atoms with Crippen LogP contribution in [0.2, 0.25) is 0 Å². The number of rotatable bonds is 16. The Balaban J connectivity index is 1.44. The second-order valence-corrected chi connectivity index (χ2v) is 17.3. The molecule has 0 unspecified atom stereocenters. The van der Waals surface area contributed by atoms with Gasteiger partial charge in [-0.15, -0.1) is 0 Å². The number of hydrogen-bond acceptors (Lipinski definition) is 11. The van der Waals surface area contributed by atoms with Gasteiger partial charge in [0.15, 0.2) is 5.78 Å². The molecule has 54 heavy (non-hydrogen) atoms. The summed E-state index contributed by atoms with van der Waals surface area (Å²) in [6.07, 6.45) is 4.51. The lowest BCUT2D eigenvalue weighted by molar-refractivity contribution is -0.142. The Hall–Kier alpha value is -4.73. The van der Waals surface area contributed by atoms with Crippen molar-refractivity contribution in [2.75, 3.05) is 13.7 Å². The number of Topliss-reactive ketones (excluding diaryl/α,β-unsaturated/α-hetero) is 1. The molecular weight excluding hydrogens is 719 g/mol. The van der Waals surface area contributed by atoms with Gasteiger partial charge < -0.3 is 29.7 Å². The van der Waals surface area contributed by atoms with Gasteiger partial charge in [-0.05, 0) is 101 Å². The molecule has 0 spiro atoms. The first-order chi connectivity index (χ1) is 25.4. The minimum Gasteiger partial charge on any atom is -0.497 e. The molecule has 4 atom stereocenters. The lowest BCUT2D eigenvalue weighted by Gasteiger charge is -2.33. The van der Waals surface area contributed by atoms with Gasteiger partial charge in [0.25, 0.3) is 5.91 Å². The number of nitrogens with one attached hydrogen (secondary N) is 3. The molecule has 1 aliphatic heterocycles. The zero-order valence-electron chi connectivity index (χ0n) is 31.7. The number of ether oxygens (including phenoxy) is 3. The molecular formula is C38H51N5O10S. The van der Waals surface area contributed by atoms with Gasteiger partial charge >= 0.3 is 6.09 Å². The van der Waals surface area contributed by atoms with E-state index in [1.54, 1.807) is 59.2 Å². The van der Waals surface area contributed by atoms with E-state index in [9.17, 15) is 32.4 Å². The van der Waals surface area contributed by atoms with E-state index in [1.165, 1.54) is 11.8 Å². The number of carbonyl (C=O) groups is 5. The van der Waals surface area contributed by atoms with Gasteiger partial charge in [-0.2, -0.15) is 0 Å². The molecule has 1 aromatic heterocycles. The van der Waals surface area contributed by atoms with Gasteiger partial charge in [-0.25, -0.2) is 18.2 Å². The van der Waals surface area contributed by atoms with E-state index in [0.717, 1.165) is 11.8 Å². The molecule has 1 saturated carbocycles. The average molecular weight is 770 g/mol. The van der Waals surface area contributed by atoms with E-state index in [1.807, 2.05) is 12.1 Å². The summed E-state index contributed by atoms with van der Waals surface area (Å²) in [5.74, 6) is -1.49. The van der Waals surface area contributed by atoms with Crippen molar-refractivity contribution in [3.05, 3.63) is 42.1 Å². The first-order valence-corrected chi connectivity index (χ1v) is 20.0. The Morgan fingerprint density at radius 1 is 1.07 bits per heavy atom. The predicted molar refractivity (Wildman–Crippen MR) is 199 cm³/mol. The van der Waals surface area contributed by atoms with Crippen LogP contribution in [0.5, 0.6) is 11.6 Å². The number of pyridine rings is 1. The van der Waals surface area contributed by atoms with Crippen LogP contribution < -0.4 is 24.8 Å². The molecule has 2 heterocycles. The van der Waals surface area contributed by atoms with Gasteiger partial charge in [0.05, 0.1) is 18.9 Å². The number of sulfonamides is 1. The summed E-state index contributed by atoms with van der Waals surface area (Å²) in [5, 5.41) is 6.17. The maximum absolute atomic E-state index is 14.5. The highest BCUT2D eigenvalue weighted by molar-refractivity contribution is 7.91. The number of fused-ring (bicyclic) bond motifs is 1. The molecule has 2 fully saturated rings. The summed E-state index contributed by atoms with van der Waals surface area (Å²) in [6, 6.07) is 4.70. The number of allylic oxidation sites excluding steroid dienone is 2. The minimum absolute atomic E-state index is 0.0268. The molecule has 1 saturated heterocycles. The first-order valence-electron chi connectivity index (χ1n) is 18.4. The van der Waals surface area contributed by atoms with Gasteiger partial charge in [0.1, 0.15) is 35.1 Å². The Kier molecular flexibility index (Phi) is 12.2. The number of methoxy groups -OCH3 is 1. The van der Waals surface area contributed by atoms with Crippen molar-refractivity contribution in [3.63, 3.8) is 0 Å². The summed E-state index contributed by atoms with van der Waals surface area (Å²) in [6.45, 7) is 8.16. The van der Waals surface area contributed by atoms with Gasteiger partial charge in [-0.1, -0.05) is 19.4 Å². The summed E-state index contributed by atoms with van der Waals surface area (Å²) in [5.41, 5.74) is -1.86. The third kappa shape index (κ3) is 9.87. The van der Waals surface area contributed by atoms with E-state index >= 15 is 0 Å². The molecule has 2 aliphatic carbocycles. The number of hydrogen-bond donors (Lipinski definition) is 3. The summed E-state index contributed by atoms with van der Waals surface area (Å²) >= 11 is 0. The zero-order chi connectivity index (χ0) is 39.4. The smallest absolute Gasteiger partial charge is 0.408 e. The lowest BCUT2D eigenvalue weighted by atomic mass is 9.92. The van der Waals surface area contributed by atoms with Gasteiger partial charge in [0.2, 0.25) is 27.7 Å². The number of ketones is 1. The van der Waals surface area contributed by atoms with E-state index in [2.05, 4.69) is 20.3 Å². The molecule has 294 valence electrons. The average Bonchev–Trinajstić information content (AvgIpc) is 3.85. The standard InChI is InChI=1S/C38H51N5O10S/c1-7-18-38(5,35(47)42-54(49,50)27-12-13-27)41-32(45)30-21-26(52-33-28-14-11-25(51-6)20-24(28)17-19-39-33)22-43(30)34(46)29(40-36(48)53-37(2,3)4)15-16-31(44)23-9-8-10-23/h9,11,14,17,19-20,26-27,29-30H,7-8,10,12-13,15-16,18,21-22H2,1-6H3,(H,40,48)(H,41,45)(H,42,47)/t26-,29+,30+,38-/m1/s1. The number of carbonyl (C=O) groups excluding carboxylic acids is 5. The molecule has 0 bridgehead atoms. The highest BCUT2D eigenvalue weighted by atomic mass is 32.2. The molecule has 16 heteroatoms. The number of nitrogens with zero attached hydrogens (tertiary/aromatic N) is 2. The van der Waals surface area contributed by atoms with Crippen LogP contribution in [-0.4, -0.2) is 96.1 Å². The van der Waals surface area contributed by atoms with Crippen molar-refractivity contribution in [2.24, 2.45) is 0 Å². The highest BCUT2D eigenvalue weighted by Gasteiger charge is 2.47. The zero-order valence-corrected chi connectivity index (χ0v) is 32.5. The molecule has 0 radical (unpaired) electrons. The molecule has 5 rings (SSSR count). The topological polar surface area (TPSA) is 199 Å². The van der Waals surface area contributed by atoms with Gasteiger partial charge in [0, 0.05) is 24.4 Å². The largest absolute Gasteiger partial charge is 0.497 e. The van der Waals surface area contributed by atoms with Crippen LogP contribution in [0.4, 0.5) is 4.79 Å². The van der Waals surface area contributed by atoms with E-state index < -0.39 is 68.4 Å². The van der Waals surface area contributed by atoms with Crippen LogP contribution >= 0.6 is 0 Å². The Morgan fingerprint density at radius 3 is 2.41 bits per heavy atom. The van der Waals surface area contributed by atoms with Crippen molar-refractivity contribution in [1.82, 2.24) is 25.2 Å². The van der Waals surface area contributed by atoms with E-state index in [0.29, 0.717) is 42.4 Å². The molecule has 3 N–H and O–H groups in total. The van der Waals surface area contributed by atoms with E-state index in [4.69, 9.17) is 14.2 Å². The monoisotopic (exact) mass is 769 g/mol. The fourth-order valence-electron chi connectivity index (χ4n) is 6.56. The van der Waals surface area contributed by atoms with Crippen molar-refractivity contribution < 1.29 is 46.6 Å². The third-order valence-electron chi connectivity index (χ3n) is 9.72. The van der Waals surface area contributed by atoms with Crippen molar-refractivity contribution >= 4 is 50.4 Å². The lowest BCUT2D eigenvalue weighted by Crippen LogP contribution is -2.62. The van der Waals surface area contributed by atoms with Gasteiger partial charge in [-0.3, -0.25) is 23.9 Å². The van der Waals surface area contributed by atoms with Crippen LogP contribution in [0, 0.1) is 0 Å². The first kappa shape index (κ1) is 40.5. The molecule has 3 aliphatic rings. The summed E-state index contributed by atoms with van der Waals surface area (Å²) < 4.78 is 44.7. The Bertz CT molecular complexity index is 1920. The maximum Gasteiger partial charge on any atom is 0.408 e. The maximum atomic E-state index is 14.5.